The van der Waals surface area contributed by atoms with Gasteiger partial charge in [0.05, 0.1) is 25.9 Å². The van der Waals surface area contributed by atoms with Gasteiger partial charge in [-0.2, -0.15) is 0 Å². The molecule has 0 bridgehead atoms. The second-order valence-corrected chi connectivity index (χ2v) is 5.39. The van der Waals surface area contributed by atoms with Gasteiger partial charge in [-0.15, -0.1) is 0 Å². The summed E-state index contributed by atoms with van der Waals surface area (Å²) in [6.45, 7) is 5.59. The highest BCUT2D eigenvalue weighted by Gasteiger charge is 2.19. The fourth-order valence-corrected chi connectivity index (χ4v) is 2.36. The Balaban J connectivity index is 1.67. The highest BCUT2D eigenvalue weighted by molar-refractivity contribution is 5.71. The number of esters is 1. The minimum Gasteiger partial charge on any atom is -0.492 e. The molecule has 0 saturated carbocycles. The van der Waals surface area contributed by atoms with Crippen molar-refractivity contribution in [1.29, 1.82) is 0 Å². The molecule has 2 rings (SSSR count). The van der Waals surface area contributed by atoms with Crippen molar-refractivity contribution < 1.29 is 28.8 Å². The monoisotopic (exact) mass is 339 g/mol. The van der Waals surface area contributed by atoms with Gasteiger partial charge < -0.3 is 24.1 Å². The molecule has 1 aromatic rings. The first-order valence-electron chi connectivity index (χ1n) is 8.17. The molecule has 0 aromatic heterocycles. The van der Waals surface area contributed by atoms with Crippen LogP contribution in [0.3, 0.4) is 0 Å². The molecule has 1 unspecified atom stereocenters. The lowest BCUT2D eigenvalue weighted by molar-refractivity contribution is -0.145. The maximum absolute atomic E-state index is 11.2. The summed E-state index contributed by atoms with van der Waals surface area (Å²) in [5.41, 5.74) is 0. The standard InChI is InChI=1S/C17H25NO6/c1-2-21-17(20)13-24-15-5-3-14(4-6-15)22-9-7-18-8-10-23-16(11-18)12-19/h3-6,16,19H,2,7-13H2,1H3. The number of morpholine rings is 1. The van der Waals surface area contributed by atoms with E-state index in [1.54, 1.807) is 31.2 Å². The van der Waals surface area contributed by atoms with Crippen molar-refractivity contribution in [3.05, 3.63) is 24.3 Å². The van der Waals surface area contributed by atoms with Crippen molar-refractivity contribution in [2.45, 2.75) is 13.0 Å². The number of aliphatic hydroxyl groups excluding tert-OH is 1. The molecule has 7 nitrogen and oxygen atoms in total. The van der Waals surface area contributed by atoms with Crippen LogP contribution < -0.4 is 9.47 Å². The van der Waals surface area contributed by atoms with E-state index in [1.165, 1.54) is 0 Å². The number of carbonyl (C=O) groups excluding carboxylic acids is 1. The summed E-state index contributed by atoms with van der Waals surface area (Å²) < 4.78 is 21.2. The van der Waals surface area contributed by atoms with E-state index in [0.29, 0.717) is 25.6 Å². The molecule has 1 heterocycles. The summed E-state index contributed by atoms with van der Waals surface area (Å²) in [6, 6.07) is 7.11. The Morgan fingerprint density at radius 2 is 2.00 bits per heavy atom. The quantitative estimate of drug-likeness (QED) is 0.664. The molecule has 0 amide bonds. The number of carbonyl (C=O) groups is 1. The van der Waals surface area contributed by atoms with Crippen LogP contribution in [0.5, 0.6) is 11.5 Å². The predicted octanol–water partition coefficient (Wildman–Crippen LogP) is 0.700. The Morgan fingerprint density at radius 3 is 2.67 bits per heavy atom. The lowest BCUT2D eigenvalue weighted by Gasteiger charge is -2.31. The maximum Gasteiger partial charge on any atom is 0.344 e. The third kappa shape index (κ3) is 6.35. The lowest BCUT2D eigenvalue weighted by Crippen LogP contribution is -2.45. The molecule has 0 aliphatic carbocycles. The molecule has 1 aliphatic rings. The van der Waals surface area contributed by atoms with E-state index in [2.05, 4.69) is 4.90 Å². The van der Waals surface area contributed by atoms with Crippen molar-refractivity contribution in [3.8, 4) is 11.5 Å². The first-order chi connectivity index (χ1) is 11.7. The normalized spacial score (nSPS) is 18.2. The topological polar surface area (TPSA) is 77.5 Å². The highest BCUT2D eigenvalue weighted by Crippen LogP contribution is 2.17. The molecular formula is C17H25NO6. The predicted molar refractivity (Wildman–Crippen MR) is 87.3 cm³/mol. The van der Waals surface area contributed by atoms with Gasteiger partial charge in [0.2, 0.25) is 0 Å². The zero-order valence-electron chi connectivity index (χ0n) is 14.0. The largest absolute Gasteiger partial charge is 0.492 e. The van der Waals surface area contributed by atoms with Gasteiger partial charge in [0, 0.05) is 19.6 Å². The number of rotatable bonds is 9. The molecule has 0 radical (unpaired) electrons. The van der Waals surface area contributed by atoms with Crippen LogP contribution in [-0.2, 0) is 14.3 Å². The Bertz CT molecular complexity index is 492. The minimum atomic E-state index is -0.385. The molecule has 24 heavy (non-hydrogen) atoms. The molecule has 1 fully saturated rings. The molecular weight excluding hydrogens is 314 g/mol. The zero-order valence-corrected chi connectivity index (χ0v) is 14.0. The van der Waals surface area contributed by atoms with Crippen molar-refractivity contribution in [2.24, 2.45) is 0 Å². The summed E-state index contributed by atoms with van der Waals surface area (Å²) in [5.74, 6) is 0.948. The van der Waals surface area contributed by atoms with Crippen molar-refractivity contribution in [3.63, 3.8) is 0 Å². The summed E-state index contributed by atoms with van der Waals surface area (Å²) >= 11 is 0. The Hall–Kier alpha value is -1.83. The SMILES string of the molecule is CCOC(=O)COc1ccc(OCCN2CCOC(CO)C2)cc1. The summed E-state index contributed by atoms with van der Waals surface area (Å²) in [7, 11) is 0. The summed E-state index contributed by atoms with van der Waals surface area (Å²) in [5, 5.41) is 9.12. The van der Waals surface area contributed by atoms with Gasteiger partial charge in [0.1, 0.15) is 18.1 Å². The summed E-state index contributed by atoms with van der Waals surface area (Å²) in [6.07, 6.45) is -0.102. The van der Waals surface area contributed by atoms with Gasteiger partial charge in [-0.25, -0.2) is 4.79 Å². The fraction of sp³-hybridized carbons (Fsp3) is 0.588. The molecule has 0 spiro atoms. The van der Waals surface area contributed by atoms with Crippen LogP contribution in [-0.4, -0.2) is 74.7 Å². The van der Waals surface area contributed by atoms with Gasteiger partial charge in [0.15, 0.2) is 6.61 Å². The molecule has 1 N–H and O–H groups in total. The third-order valence-electron chi connectivity index (χ3n) is 3.59. The van der Waals surface area contributed by atoms with Gasteiger partial charge in [-0.3, -0.25) is 4.90 Å². The molecule has 7 heteroatoms. The van der Waals surface area contributed by atoms with E-state index >= 15 is 0 Å². The van der Waals surface area contributed by atoms with Gasteiger partial charge in [0.25, 0.3) is 0 Å². The van der Waals surface area contributed by atoms with Crippen LogP contribution in [0.2, 0.25) is 0 Å². The Labute approximate surface area is 142 Å². The number of aliphatic hydroxyl groups is 1. The Kier molecular flexibility index (Phi) is 7.81. The first kappa shape index (κ1) is 18.5. The second kappa shape index (κ2) is 10.1. The van der Waals surface area contributed by atoms with E-state index in [-0.39, 0.29) is 25.3 Å². The van der Waals surface area contributed by atoms with Crippen LogP contribution in [0.25, 0.3) is 0 Å². The van der Waals surface area contributed by atoms with Crippen molar-refractivity contribution in [2.75, 3.05) is 52.7 Å². The minimum absolute atomic E-state index is 0.0462. The van der Waals surface area contributed by atoms with E-state index in [9.17, 15) is 4.79 Å². The van der Waals surface area contributed by atoms with E-state index in [0.717, 1.165) is 25.4 Å². The number of benzene rings is 1. The molecule has 1 saturated heterocycles. The number of ether oxygens (including phenoxy) is 4. The number of hydrogen-bond acceptors (Lipinski definition) is 7. The van der Waals surface area contributed by atoms with Crippen LogP contribution in [0.1, 0.15) is 6.92 Å². The first-order valence-corrected chi connectivity index (χ1v) is 8.17. The maximum atomic E-state index is 11.2. The van der Waals surface area contributed by atoms with Crippen LogP contribution >= 0.6 is 0 Å². The van der Waals surface area contributed by atoms with Crippen LogP contribution in [0.15, 0.2) is 24.3 Å². The van der Waals surface area contributed by atoms with Crippen molar-refractivity contribution in [1.82, 2.24) is 4.90 Å². The molecule has 134 valence electrons. The lowest BCUT2D eigenvalue weighted by atomic mass is 10.3. The average Bonchev–Trinajstić information content (AvgIpc) is 2.61. The smallest absolute Gasteiger partial charge is 0.344 e. The van der Waals surface area contributed by atoms with Crippen LogP contribution in [0, 0.1) is 0 Å². The van der Waals surface area contributed by atoms with E-state index in [1.807, 2.05) is 0 Å². The zero-order chi connectivity index (χ0) is 17.2. The fourth-order valence-electron chi connectivity index (χ4n) is 2.36. The van der Waals surface area contributed by atoms with Gasteiger partial charge >= 0.3 is 5.97 Å². The number of hydrogen-bond donors (Lipinski definition) is 1. The van der Waals surface area contributed by atoms with Gasteiger partial charge in [-0.05, 0) is 31.2 Å². The molecule has 1 aliphatic heterocycles. The van der Waals surface area contributed by atoms with Gasteiger partial charge in [-0.1, -0.05) is 0 Å². The molecule has 1 atom stereocenters. The van der Waals surface area contributed by atoms with E-state index < -0.39 is 0 Å². The molecule has 1 aromatic carbocycles. The second-order valence-electron chi connectivity index (χ2n) is 5.39. The Morgan fingerprint density at radius 1 is 1.29 bits per heavy atom. The van der Waals surface area contributed by atoms with Crippen molar-refractivity contribution >= 4 is 5.97 Å². The highest BCUT2D eigenvalue weighted by atomic mass is 16.6. The van der Waals surface area contributed by atoms with E-state index in [4.69, 9.17) is 24.1 Å². The third-order valence-corrected chi connectivity index (χ3v) is 3.59. The number of nitrogens with zero attached hydrogens (tertiary/aromatic N) is 1. The van der Waals surface area contributed by atoms with Crippen LogP contribution in [0.4, 0.5) is 0 Å². The summed E-state index contributed by atoms with van der Waals surface area (Å²) in [4.78, 5) is 13.4. The average molecular weight is 339 g/mol.